The highest BCUT2D eigenvalue weighted by molar-refractivity contribution is 5.30. The Balaban J connectivity index is 2.70. The molecule has 18 heavy (non-hydrogen) atoms. The summed E-state index contributed by atoms with van der Waals surface area (Å²) < 4.78 is 0. The summed E-state index contributed by atoms with van der Waals surface area (Å²) in [5, 5.41) is 9.36. The zero-order valence-electron chi connectivity index (χ0n) is 11.4. The van der Waals surface area contributed by atoms with Crippen molar-refractivity contribution in [2.75, 3.05) is 19.6 Å². The average Bonchev–Trinajstić information content (AvgIpc) is 2.44. The highest BCUT2D eigenvalue weighted by Crippen LogP contribution is 2.21. The summed E-state index contributed by atoms with van der Waals surface area (Å²) in [6, 6.07) is 11.9. The van der Waals surface area contributed by atoms with Crippen LogP contribution in [0.2, 0.25) is 0 Å². The van der Waals surface area contributed by atoms with Crippen LogP contribution < -0.4 is 5.73 Å². The molecular formula is C15H23N3. The molecule has 0 spiro atoms. The van der Waals surface area contributed by atoms with Gasteiger partial charge in [0.2, 0.25) is 0 Å². The predicted octanol–water partition coefficient (Wildman–Crippen LogP) is 2.49. The van der Waals surface area contributed by atoms with Crippen LogP contribution in [0.1, 0.15) is 32.3 Å². The Labute approximate surface area is 110 Å². The van der Waals surface area contributed by atoms with Crippen LogP contribution in [-0.4, -0.2) is 24.5 Å². The Hall–Kier alpha value is -1.37. The van der Waals surface area contributed by atoms with Crippen molar-refractivity contribution >= 4 is 0 Å². The van der Waals surface area contributed by atoms with Crippen molar-refractivity contribution in [3.05, 3.63) is 35.9 Å². The van der Waals surface area contributed by atoms with Gasteiger partial charge in [0.1, 0.15) is 5.54 Å². The number of hydrogen-bond acceptors (Lipinski definition) is 3. The van der Waals surface area contributed by atoms with Crippen LogP contribution in [0.3, 0.4) is 0 Å². The van der Waals surface area contributed by atoms with Gasteiger partial charge in [0.25, 0.3) is 0 Å². The summed E-state index contributed by atoms with van der Waals surface area (Å²) in [4.78, 5) is 2.34. The molecule has 98 valence electrons. The maximum Gasteiger partial charge on any atom is 0.131 e. The lowest BCUT2D eigenvalue weighted by atomic mass is 9.89. The van der Waals surface area contributed by atoms with Gasteiger partial charge in [-0.25, -0.2) is 0 Å². The molecule has 1 rings (SSSR count). The van der Waals surface area contributed by atoms with E-state index in [9.17, 15) is 5.26 Å². The fraction of sp³-hybridized carbons (Fsp3) is 0.533. The molecule has 0 aliphatic rings. The van der Waals surface area contributed by atoms with E-state index in [1.54, 1.807) is 0 Å². The minimum Gasteiger partial charge on any atom is -0.310 e. The van der Waals surface area contributed by atoms with Crippen LogP contribution in [0.5, 0.6) is 0 Å². The van der Waals surface area contributed by atoms with Gasteiger partial charge in [-0.3, -0.25) is 0 Å². The fourth-order valence-corrected chi connectivity index (χ4v) is 2.08. The lowest BCUT2D eigenvalue weighted by molar-refractivity contribution is 0.265. The highest BCUT2D eigenvalue weighted by atomic mass is 15.1. The van der Waals surface area contributed by atoms with E-state index in [0.717, 1.165) is 31.6 Å². The number of nitrogens with two attached hydrogens (primary N) is 1. The van der Waals surface area contributed by atoms with Crippen molar-refractivity contribution in [2.24, 2.45) is 5.73 Å². The molecule has 1 aromatic rings. The average molecular weight is 245 g/mol. The quantitative estimate of drug-likeness (QED) is 0.803. The summed E-state index contributed by atoms with van der Waals surface area (Å²) >= 11 is 0. The third-order valence-electron chi connectivity index (χ3n) is 3.30. The van der Waals surface area contributed by atoms with Crippen LogP contribution in [0.4, 0.5) is 0 Å². The van der Waals surface area contributed by atoms with Gasteiger partial charge in [0.05, 0.1) is 6.07 Å². The molecule has 3 nitrogen and oxygen atoms in total. The Morgan fingerprint density at radius 3 is 2.39 bits per heavy atom. The summed E-state index contributed by atoms with van der Waals surface area (Å²) in [7, 11) is 0. The first-order valence-corrected chi connectivity index (χ1v) is 6.64. The monoisotopic (exact) mass is 245 g/mol. The molecule has 0 aliphatic heterocycles. The predicted molar refractivity (Wildman–Crippen MR) is 74.9 cm³/mol. The molecule has 0 saturated heterocycles. The molecule has 0 aliphatic carbocycles. The molecule has 2 N–H and O–H groups in total. The third kappa shape index (κ3) is 3.83. The first-order chi connectivity index (χ1) is 8.66. The van der Waals surface area contributed by atoms with Gasteiger partial charge < -0.3 is 10.6 Å². The van der Waals surface area contributed by atoms with Gasteiger partial charge in [-0.05, 0) is 31.5 Å². The normalized spacial score (nSPS) is 14.2. The van der Waals surface area contributed by atoms with Crippen molar-refractivity contribution in [1.29, 1.82) is 5.26 Å². The first kappa shape index (κ1) is 14.7. The molecule has 0 saturated carbocycles. The van der Waals surface area contributed by atoms with Gasteiger partial charge in [-0.2, -0.15) is 5.26 Å². The topological polar surface area (TPSA) is 53.0 Å². The number of nitriles is 1. The van der Waals surface area contributed by atoms with Gasteiger partial charge in [0, 0.05) is 6.54 Å². The minimum absolute atomic E-state index is 0.668. The van der Waals surface area contributed by atoms with Crippen molar-refractivity contribution < 1.29 is 0 Å². The maximum absolute atomic E-state index is 9.36. The summed E-state index contributed by atoms with van der Waals surface area (Å²) in [6.45, 7) is 7.24. The second-order valence-electron chi connectivity index (χ2n) is 4.63. The van der Waals surface area contributed by atoms with Gasteiger partial charge in [-0.1, -0.05) is 44.2 Å². The fourth-order valence-electron chi connectivity index (χ4n) is 2.08. The van der Waals surface area contributed by atoms with Gasteiger partial charge in [-0.15, -0.1) is 0 Å². The molecule has 0 bridgehead atoms. The van der Waals surface area contributed by atoms with Crippen LogP contribution in [0.15, 0.2) is 30.3 Å². The van der Waals surface area contributed by atoms with Crippen LogP contribution in [0.25, 0.3) is 0 Å². The van der Waals surface area contributed by atoms with Crippen molar-refractivity contribution in [3.8, 4) is 6.07 Å². The molecule has 0 amide bonds. The smallest absolute Gasteiger partial charge is 0.131 e. The first-order valence-electron chi connectivity index (χ1n) is 6.64. The molecule has 0 heterocycles. The largest absolute Gasteiger partial charge is 0.310 e. The Morgan fingerprint density at radius 2 is 1.89 bits per heavy atom. The number of benzene rings is 1. The zero-order chi connectivity index (χ0) is 13.4. The van der Waals surface area contributed by atoms with Crippen molar-refractivity contribution in [1.82, 2.24) is 4.90 Å². The second-order valence-corrected chi connectivity index (χ2v) is 4.63. The van der Waals surface area contributed by atoms with E-state index >= 15 is 0 Å². The number of rotatable bonds is 7. The highest BCUT2D eigenvalue weighted by Gasteiger charge is 2.27. The van der Waals surface area contributed by atoms with E-state index in [-0.39, 0.29) is 0 Å². The SMILES string of the molecule is CCCN(CC)CCC(N)(C#N)c1ccccc1. The molecule has 3 heteroatoms. The summed E-state index contributed by atoms with van der Waals surface area (Å²) in [5.74, 6) is 0. The van der Waals surface area contributed by atoms with Gasteiger partial charge in [0.15, 0.2) is 0 Å². The van der Waals surface area contributed by atoms with Crippen molar-refractivity contribution in [3.63, 3.8) is 0 Å². The standard InChI is InChI=1S/C15H23N3/c1-3-11-18(4-2)12-10-15(17,13-16)14-8-6-5-7-9-14/h5-9H,3-4,10-12,17H2,1-2H3. The Morgan fingerprint density at radius 1 is 1.22 bits per heavy atom. The second kappa shape index (κ2) is 7.15. The Kier molecular flexibility index (Phi) is 5.84. The molecule has 1 aromatic carbocycles. The molecule has 0 radical (unpaired) electrons. The van der Waals surface area contributed by atoms with Gasteiger partial charge >= 0.3 is 0 Å². The van der Waals surface area contributed by atoms with E-state index < -0.39 is 5.54 Å². The van der Waals surface area contributed by atoms with Crippen LogP contribution in [-0.2, 0) is 5.54 Å². The van der Waals surface area contributed by atoms with Crippen molar-refractivity contribution in [2.45, 2.75) is 32.2 Å². The molecule has 0 aromatic heterocycles. The van der Waals surface area contributed by atoms with E-state index in [4.69, 9.17) is 5.73 Å². The van der Waals surface area contributed by atoms with E-state index in [2.05, 4.69) is 24.8 Å². The van der Waals surface area contributed by atoms with E-state index in [0.29, 0.717) is 6.42 Å². The van der Waals surface area contributed by atoms with E-state index in [1.165, 1.54) is 0 Å². The van der Waals surface area contributed by atoms with Crippen LogP contribution in [0, 0.1) is 11.3 Å². The lowest BCUT2D eigenvalue weighted by Gasteiger charge is -2.26. The number of hydrogen-bond donors (Lipinski definition) is 1. The summed E-state index contributed by atoms with van der Waals surface area (Å²) in [6.07, 6.45) is 1.80. The molecule has 1 atom stereocenters. The lowest BCUT2D eigenvalue weighted by Crippen LogP contribution is -2.39. The number of nitrogens with zero attached hydrogens (tertiary/aromatic N) is 2. The maximum atomic E-state index is 9.36. The molecule has 1 unspecified atom stereocenters. The zero-order valence-corrected chi connectivity index (χ0v) is 11.4. The minimum atomic E-state index is -0.873. The Bertz CT molecular complexity index is 382. The third-order valence-corrected chi connectivity index (χ3v) is 3.30. The summed E-state index contributed by atoms with van der Waals surface area (Å²) in [5.41, 5.74) is 6.26. The van der Waals surface area contributed by atoms with Crippen LogP contribution >= 0.6 is 0 Å². The van der Waals surface area contributed by atoms with E-state index in [1.807, 2.05) is 30.3 Å². The molecule has 0 fully saturated rings. The molecular weight excluding hydrogens is 222 g/mol.